The van der Waals surface area contributed by atoms with Crippen LogP contribution >= 0.6 is 0 Å². The van der Waals surface area contributed by atoms with Gasteiger partial charge in [-0.05, 0) is 36.1 Å². The molecule has 2 aromatic carbocycles. The van der Waals surface area contributed by atoms with Crippen molar-refractivity contribution in [2.24, 2.45) is 0 Å². The molecule has 1 aromatic heterocycles. The number of halogens is 3. The molecule has 0 bridgehead atoms. The van der Waals surface area contributed by atoms with Gasteiger partial charge in [-0.3, -0.25) is 19.4 Å². The molecule has 1 saturated heterocycles. The van der Waals surface area contributed by atoms with Crippen molar-refractivity contribution in [3.63, 3.8) is 0 Å². The highest BCUT2D eigenvalue weighted by Crippen LogP contribution is 2.32. The lowest BCUT2D eigenvalue weighted by Gasteiger charge is -2.40. The highest BCUT2D eigenvalue weighted by molar-refractivity contribution is 5.90. The minimum absolute atomic E-state index is 0.00820. The number of nitrogens with one attached hydrogen (secondary N) is 2. The van der Waals surface area contributed by atoms with Crippen molar-refractivity contribution in [2.45, 2.75) is 63.3 Å². The zero-order valence-electron chi connectivity index (χ0n) is 24.1. The molecule has 3 aromatic rings. The number of benzene rings is 2. The Morgan fingerprint density at radius 3 is 2.40 bits per heavy atom. The molecule has 10 heteroatoms. The van der Waals surface area contributed by atoms with Crippen molar-refractivity contribution in [3.8, 4) is 0 Å². The molecule has 2 aliphatic rings. The van der Waals surface area contributed by atoms with Gasteiger partial charge >= 0.3 is 6.18 Å². The van der Waals surface area contributed by atoms with Crippen molar-refractivity contribution >= 4 is 22.7 Å². The highest BCUT2D eigenvalue weighted by Gasteiger charge is 2.34. The molecule has 1 saturated carbocycles. The fraction of sp³-hybridized carbons (Fsp3) is 0.500. The van der Waals surface area contributed by atoms with Gasteiger partial charge in [0.15, 0.2) is 0 Å². The van der Waals surface area contributed by atoms with Crippen molar-refractivity contribution < 1.29 is 22.8 Å². The third kappa shape index (κ3) is 7.33. The van der Waals surface area contributed by atoms with E-state index in [0.29, 0.717) is 6.04 Å². The van der Waals surface area contributed by atoms with Crippen LogP contribution in [-0.2, 0) is 28.7 Å². The smallest absolute Gasteiger partial charge is 0.361 e. The van der Waals surface area contributed by atoms with E-state index in [1.807, 2.05) is 30.5 Å². The molecule has 5 rings (SSSR count). The Morgan fingerprint density at radius 2 is 1.67 bits per heavy atom. The molecule has 0 radical (unpaired) electrons. The van der Waals surface area contributed by atoms with Gasteiger partial charge in [0.25, 0.3) is 0 Å². The topological polar surface area (TPSA) is 71.7 Å². The van der Waals surface area contributed by atoms with E-state index in [0.717, 1.165) is 48.7 Å². The number of alkyl halides is 3. The van der Waals surface area contributed by atoms with Crippen molar-refractivity contribution in [1.82, 2.24) is 25.0 Å². The monoisotopic (exact) mass is 583 g/mol. The molecule has 2 fully saturated rings. The summed E-state index contributed by atoms with van der Waals surface area (Å²) in [6, 6.07) is 12.7. The second kappa shape index (κ2) is 13.3. The molecule has 2 heterocycles. The van der Waals surface area contributed by atoms with Crippen LogP contribution in [0, 0.1) is 0 Å². The lowest BCUT2D eigenvalue weighted by molar-refractivity contribution is -0.140. The number of hydrogen-bond donors (Lipinski definition) is 2. The number of H-pyrrole nitrogens is 1. The van der Waals surface area contributed by atoms with Gasteiger partial charge in [-0.1, -0.05) is 55.7 Å². The average Bonchev–Trinajstić information content (AvgIpc) is 3.39. The van der Waals surface area contributed by atoms with Crippen LogP contribution < -0.4 is 5.32 Å². The van der Waals surface area contributed by atoms with Crippen LogP contribution in [0.1, 0.15) is 48.8 Å². The molecule has 1 unspecified atom stereocenters. The summed E-state index contributed by atoms with van der Waals surface area (Å²) in [4.78, 5) is 36.1. The number of nitrogens with zero attached hydrogens (tertiary/aromatic N) is 3. The van der Waals surface area contributed by atoms with Crippen molar-refractivity contribution in [2.75, 3.05) is 39.8 Å². The predicted octanol–water partition coefficient (Wildman–Crippen LogP) is 4.82. The Morgan fingerprint density at radius 1 is 0.976 bits per heavy atom. The van der Waals surface area contributed by atoms with Crippen LogP contribution in [0.5, 0.6) is 0 Å². The number of rotatable bonds is 9. The second-order valence-electron chi connectivity index (χ2n) is 11.6. The summed E-state index contributed by atoms with van der Waals surface area (Å²) in [6.07, 6.45) is 3.90. The Labute approximate surface area is 245 Å². The van der Waals surface area contributed by atoms with Crippen molar-refractivity contribution in [1.29, 1.82) is 0 Å². The molecular weight excluding hydrogens is 543 g/mol. The summed E-state index contributed by atoms with van der Waals surface area (Å²) < 4.78 is 40.8. The first-order valence-corrected chi connectivity index (χ1v) is 14.9. The van der Waals surface area contributed by atoms with E-state index in [2.05, 4.69) is 20.1 Å². The van der Waals surface area contributed by atoms with Gasteiger partial charge in [0.05, 0.1) is 12.1 Å². The summed E-state index contributed by atoms with van der Waals surface area (Å²) in [5.41, 5.74) is 1.01. The number of aromatic nitrogens is 1. The second-order valence-corrected chi connectivity index (χ2v) is 11.6. The Balaban J connectivity index is 1.26. The van der Waals surface area contributed by atoms with E-state index >= 15 is 0 Å². The van der Waals surface area contributed by atoms with E-state index in [1.54, 1.807) is 0 Å². The standard InChI is InChI=1S/C32H40F3N5O2/c1-38(21-23-9-5-7-13-27(23)32(33,34)35)31(42)29(19-24-20-36-28-14-8-6-12-26(24)28)37-30(41)22-39-15-17-40(18-16-39)25-10-3-2-4-11-25/h5-9,12-14,20,25,29,36H,2-4,10-11,15-19,21-22H2,1H3,(H,37,41). The minimum Gasteiger partial charge on any atom is -0.361 e. The maximum absolute atomic E-state index is 13.7. The maximum atomic E-state index is 13.7. The Bertz CT molecular complexity index is 1360. The van der Waals surface area contributed by atoms with Gasteiger partial charge < -0.3 is 15.2 Å². The number of aromatic amines is 1. The molecule has 2 N–H and O–H groups in total. The predicted molar refractivity (Wildman–Crippen MR) is 157 cm³/mol. The molecular formula is C32H40F3N5O2. The van der Waals surface area contributed by atoms with Gasteiger partial charge in [-0.15, -0.1) is 0 Å². The average molecular weight is 584 g/mol. The highest BCUT2D eigenvalue weighted by atomic mass is 19.4. The first kappa shape index (κ1) is 30.1. The molecule has 226 valence electrons. The molecule has 7 nitrogen and oxygen atoms in total. The first-order valence-electron chi connectivity index (χ1n) is 14.9. The zero-order valence-corrected chi connectivity index (χ0v) is 24.1. The summed E-state index contributed by atoms with van der Waals surface area (Å²) in [5.74, 6) is -0.698. The SMILES string of the molecule is CN(Cc1ccccc1C(F)(F)F)C(=O)C(Cc1c[nH]c2ccccc12)NC(=O)CN1CCN(C2CCCCC2)CC1. The largest absolute Gasteiger partial charge is 0.416 e. The molecule has 2 amide bonds. The number of likely N-dealkylation sites (N-methyl/N-ethyl adjacent to an activating group) is 1. The molecule has 42 heavy (non-hydrogen) atoms. The number of para-hydroxylation sites is 1. The van der Waals surface area contributed by atoms with Crippen LogP contribution in [0.3, 0.4) is 0 Å². The van der Waals surface area contributed by atoms with E-state index in [-0.39, 0.29) is 31.0 Å². The van der Waals surface area contributed by atoms with Crippen LogP contribution in [0.4, 0.5) is 13.2 Å². The molecule has 1 aliphatic carbocycles. The number of carbonyl (C=O) groups is 2. The van der Waals surface area contributed by atoms with Gasteiger partial charge in [-0.25, -0.2) is 0 Å². The molecule has 0 spiro atoms. The first-order chi connectivity index (χ1) is 20.2. The van der Waals surface area contributed by atoms with Crippen LogP contribution in [-0.4, -0.2) is 83.4 Å². The number of carbonyl (C=O) groups excluding carboxylic acids is 2. The van der Waals surface area contributed by atoms with E-state index in [9.17, 15) is 22.8 Å². The minimum atomic E-state index is -4.53. The van der Waals surface area contributed by atoms with Gasteiger partial charge in [0.1, 0.15) is 6.04 Å². The number of amides is 2. The molecule has 1 aliphatic heterocycles. The van der Waals surface area contributed by atoms with Gasteiger partial charge in [-0.2, -0.15) is 13.2 Å². The third-order valence-corrected chi connectivity index (χ3v) is 8.70. The Kier molecular flexibility index (Phi) is 9.53. The normalized spacial score (nSPS) is 18.2. The van der Waals surface area contributed by atoms with E-state index in [4.69, 9.17) is 0 Å². The zero-order chi connectivity index (χ0) is 29.7. The van der Waals surface area contributed by atoms with Crippen LogP contribution in [0.25, 0.3) is 10.9 Å². The number of piperazine rings is 1. The van der Waals surface area contributed by atoms with Gasteiger partial charge in [0, 0.05) is 69.3 Å². The Hall–Kier alpha value is -3.37. The van der Waals surface area contributed by atoms with Crippen LogP contribution in [0.15, 0.2) is 54.7 Å². The quantitative estimate of drug-likeness (QED) is 0.379. The third-order valence-electron chi connectivity index (χ3n) is 8.70. The van der Waals surface area contributed by atoms with E-state index < -0.39 is 23.7 Å². The van der Waals surface area contributed by atoms with Gasteiger partial charge in [0.2, 0.25) is 11.8 Å². The molecule has 1 atom stereocenters. The fourth-order valence-corrected chi connectivity index (χ4v) is 6.43. The lowest BCUT2D eigenvalue weighted by atomic mass is 9.94. The van der Waals surface area contributed by atoms with E-state index in [1.165, 1.54) is 62.3 Å². The van der Waals surface area contributed by atoms with Crippen LogP contribution in [0.2, 0.25) is 0 Å². The summed E-state index contributed by atoms with van der Waals surface area (Å²) in [6.45, 7) is 3.39. The lowest BCUT2D eigenvalue weighted by Crippen LogP contribution is -2.55. The number of fused-ring (bicyclic) bond motifs is 1. The maximum Gasteiger partial charge on any atom is 0.416 e. The summed E-state index contributed by atoms with van der Waals surface area (Å²) >= 11 is 0. The summed E-state index contributed by atoms with van der Waals surface area (Å²) in [7, 11) is 1.48. The summed E-state index contributed by atoms with van der Waals surface area (Å²) in [5, 5.41) is 3.87. The fourth-order valence-electron chi connectivity index (χ4n) is 6.43. The van der Waals surface area contributed by atoms with Crippen molar-refractivity contribution in [3.05, 3.63) is 71.4 Å². The number of hydrogen-bond acceptors (Lipinski definition) is 4.